The number of nitrogens with one attached hydrogen (secondary N) is 2. The van der Waals surface area contributed by atoms with Crippen LogP contribution in [0.25, 0.3) is 0 Å². The Kier molecular flexibility index (Phi) is 8.10. The standard InChI is InChI=1S/C25H33N5O/c1-19(2)31-23-16-20(3)10-11-22(23)17-29-25(26-4)28-13-12-24-27-14-15-30(24)18-21-8-6-5-7-9-21/h5-11,14-16,19H,12-13,17-18H2,1-4H3,(H2,26,28,29). The Morgan fingerprint density at radius 2 is 1.94 bits per heavy atom. The average Bonchev–Trinajstić information content (AvgIpc) is 3.18. The molecule has 0 amide bonds. The fourth-order valence-corrected chi connectivity index (χ4v) is 3.36. The van der Waals surface area contributed by atoms with Gasteiger partial charge in [-0.05, 0) is 38.0 Å². The first-order valence-electron chi connectivity index (χ1n) is 10.8. The normalized spacial score (nSPS) is 11.6. The number of ether oxygens (including phenoxy) is 1. The molecule has 31 heavy (non-hydrogen) atoms. The molecule has 0 saturated heterocycles. The molecule has 0 radical (unpaired) electrons. The first-order chi connectivity index (χ1) is 15.0. The molecular weight excluding hydrogens is 386 g/mol. The predicted molar refractivity (Wildman–Crippen MR) is 127 cm³/mol. The van der Waals surface area contributed by atoms with Gasteiger partial charge in [-0.3, -0.25) is 4.99 Å². The summed E-state index contributed by atoms with van der Waals surface area (Å²) < 4.78 is 8.16. The topological polar surface area (TPSA) is 63.5 Å². The number of hydrogen-bond acceptors (Lipinski definition) is 3. The number of aliphatic imine (C=N–C) groups is 1. The molecule has 1 aromatic heterocycles. The smallest absolute Gasteiger partial charge is 0.191 e. The van der Waals surface area contributed by atoms with Crippen LogP contribution in [0.4, 0.5) is 0 Å². The van der Waals surface area contributed by atoms with Crippen molar-refractivity contribution in [3.63, 3.8) is 0 Å². The summed E-state index contributed by atoms with van der Waals surface area (Å²) in [5.74, 6) is 2.73. The molecule has 6 heteroatoms. The summed E-state index contributed by atoms with van der Waals surface area (Å²) >= 11 is 0. The van der Waals surface area contributed by atoms with Gasteiger partial charge in [0.2, 0.25) is 0 Å². The number of guanidine groups is 1. The van der Waals surface area contributed by atoms with Gasteiger partial charge in [0.05, 0.1) is 6.10 Å². The number of aromatic nitrogens is 2. The second-order valence-corrected chi connectivity index (χ2v) is 7.84. The number of hydrogen-bond donors (Lipinski definition) is 2. The Morgan fingerprint density at radius 3 is 2.68 bits per heavy atom. The van der Waals surface area contributed by atoms with E-state index in [-0.39, 0.29) is 6.10 Å². The van der Waals surface area contributed by atoms with Crippen molar-refractivity contribution in [3.05, 3.63) is 83.4 Å². The van der Waals surface area contributed by atoms with Crippen LogP contribution in [0.2, 0.25) is 0 Å². The number of nitrogens with zero attached hydrogens (tertiary/aromatic N) is 3. The predicted octanol–water partition coefficient (Wildman–Crippen LogP) is 3.93. The Balaban J connectivity index is 1.52. The van der Waals surface area contributed by atoms with E-state index in [0.29, 0.717) is 6.54 Å². The van der Waals surface area contributed by atoms with Crippen LogP contribution in [0.15, 0.2) is 65.9 Å². The highest BCUT2D eigenvalue weighted by molar-refractivity contribution is 5.79. The van der Waals surface area contributed by atoms with Gasteiger partial charge in [0.15, 0.2) is 5.96 Å². The van der Waals surface area contributed by atoms with Gasteiger partial charge in [-0.15, -0.1) is 0 Å². The molecular formula is C25H33N5O. The van der Waals surface area contributed by atoms with Crippen LogP contribution < -0.4 is 15.4 Å². The van der Waals surface area contributed by atoms with Gasteiger partial charge in [-0.1, -0.05) is 42.5 Å². The van der Waals surface area contributed by atoms with Crippen molar-refractivity contribution in [3.8, 4) is 5.75 Å². The lowest BCUT2D eigenvalue weighted by Crippen LogP contribution is -2.38. The summed E-state index contributed by atoms with van der Waals surface area (Å²) in [4.78, 5) is 8.87. The van der Waals surface area contributed by atoms with Crippen LogP contribution in [0, 0.1) is 6.92 Å². The van der Waals surface area contributed by atoms with E-state index in [0.717, 1.165) is 42.6 Å². The van der Waals surface area contributed by atoms with Crippen molar-refractivity contribution in [1.29, 1.82) is 0 Å². The average molecular weight is 420 g/mol. The third kappa shape index (κ3) is 6.88. The quantitative estimate of drug-likeness (QED) is 0.407. The summed E-state index contributed by atoms with van der Waals surface area (Å²) in [6, 6.07) is 16.7. The zero-order valence-corrected chi connectivity index (χ0v) is 18.9. The molecule has 2 aromatic carbocycles. The number of aryl methyl sites for hydroxylation is 1. The maximum atomic E-state index is 5.97. The van der Waals surface area contributed by atoms with Gasteiger partial charge in [-0.25, -0.2) is 4.98 Å². The van der Waals surface area contributed by atoms with Crippen LogP contribution in [0.1, 0.15) is 36.4 Å². The molecule has 0 fully saturated rings. The molecule has 3 aromatic rings. The van der Waals surface area contributed by atoms with Crippen molar-refractivity contribution < 1.29 is 4.74 Å². The second-order valence-electron chi connectivity index (χ2n) is 7.84. The summed E-state index contributed by atoms with van der Waals surface area (Å²) in [5, 5.41) is 6.77. The zero-order chi connectivity index (χ0) is 22.1. The Bertz CT molecular complexity index is 979. The highest BCUT2D eigenvalue weighted by atomic mass is 16.5. The highest BCUT2D eigenvalue weighted by Crippen LogP contribution is 2.21. The minimum absolute atomic E-state index is 0.137. The minimum atomic E-state index is 0.137. The SMILES string of the molecule is CN=C(NCCc1nccn1Cc1ccccc1)NCc1ccc(C)cc1OC(C)C. The molecule has 0 aliphatic rings. The van der Waals surface area contributed by atoms with Crippen molar-refractivity contribution >= 4 is 5.96 Å². The van der Waals surface area contributed by atoms with Crippen LogP contribution in [0.5, 0.6) is 5.75 Å². The van der Waals surface area contributed by atoms with Gasteiger partial charge in [0.25, 0.3) is 0 Å². The lowest BCUT2D eigenvalue weighted by atomic mass is 10.1. The molecule has 6 nitrogen and oxygen atoms in total. The molecule has 3 rings (SSSR count). The Hall–Kier alpha value is -3.28. The highest BCUT2D eigenvalue weighted by Gasteiger charge is 2.08. The van der Waals surface area contributed by atoms with E-state index in [1.165, 1.54) is 11.1 Å². The van der Waals surface area contributed by atoms with Gasteiger partial charge < -0.3 is 19.9 Å². The number of benzene rings is 2. The van der Waals surface area contributed by atoms with Gasteiger partial charge in [0.1, 0.15) is 11.6 Å². The largest absolute Gasteiger partial charge is 0.491 e. The van der Waals surface area contributed by atoms with Gasteiger partial charge in [0, 0.05) is 51.1 Å². The molecule has 0 aliphatic carbocycles. The molecule has 2 N–H and O–H groups in total. The first-order valence-corrected chi connectivity index (χ1v) is 10.8. The Morgan fingerprint density at radius 1 is 1.13 bits per heavy atom. The van der Waals surface area contributed by atoms with E-state index >= 15 is 0 Å². The number of imidazole rings is 1. The van der Waals surface area contributed by atoms with Gasteiger partial charge >= 0.3 is 0 Å². The van der Waals surface area contributed by atoms with E-state index in [1.54, 1.807) is 7.05 Å². The minimum Gasteiger partial charge on any atom is -0.491 e. The van der Waals surface area contributed by atoms with Crippen molar-refractivity contribution in [1.82, 2.24) is 20.2 Å². The van der Waals surface area contributed by atoms with E-state index < -0.39 is 0 Å². The maximum Gasteiger partial charge on any atom is 0.191 e. The molecule has 0 bridgehead atoms. The van der Waals surface area contributed by atoms with Crippen molar-refractivity contribution in [2.45, 2.75) is 46.4 Å². The number of rotatable bonds is 9. The monoisotopic (exact) mass is 419 g/mol. The second kappa shape index (κ2) is 11.2. The van der Waals surface area contributed by atoms with Crippen LogP contribution in [0.3, 0.4) is 0 Å². The molecule has 0 aliphatic heterocycles. The Labute approximate surface area is 185 Å². The third-order valence-electron chi connectivity index (χ3n) is 4.89. The molecule has 0 saturated carbocycles. The maximum absolute atomic E-state index is 5.97. The van der Waals surface area contributed by atoms with Crippen molar-refractivity contribution in [2.75, 3.05) is 13.6 Å². The van der Waals surface area contributed by atoms with Crippen molar-refractivity contribution in [2.24, 2.45) is 4.99 Å². The van der Waals surface area contributed by atoms with Crippen LogP contribution in [-0.4, -0.2) is 35.2 Å². The zero-order valence-electron chi connectivity index (χ0n) is 18.9. The first kappa shape index (κ1) is 22.4. The van der Waals surface area contributed by atoms with E-state index in [1.807, 2.05) is 32.3 Å². The summed E-state index contributed by atoms with van der Waals surface area (Å²) in [6.07, 6.45) is 4.84. The fraction of sp³-hybridized carbons (Fsp3) is 0.360. The molecule has 1 heterocycles. The lowest BCUT2D eigenvalue weighted by Gasteiger charge is -2.17. The summed E-state index contributed by atoms with van der Waals surface area (Å²) in [6.45, 7) is 8.38. The summed E-state index contributed by atoms with van der Waals surface area (Å²) in [5.41, 5.74) is 3.57. The van der Waals surface area contributed by atoms with E-state index in [4.69, 9.17) is 4.74 Å². The third-order valence-corrected chi connectivity index (χ3v) is 4.89. The van der Waals surface area contributed by atoms with Gasteiger partial charge in [-0.2, -0.15) is 0 Å². The van der Waals surface area contributed by atoms with E-state index in [2.05, 4.69) is 74.6 Å². The van der Waals surface area contributed by atoms with Crippen LogP contribution >= 0.6 is 0 Å². The molecule has 0 spiro atoms. The molecule has 0 atom stereocenters. The molecule has 164 valence electrons. The summed E-state index contributed by atoms with van der Waals surface area (Å²) in [7, 11) is 1.78. The lowest BCUT2D eigenvalue weighted by molar-refractivity contribution is 0.239. The van der Waals surface area contributed by atoms with E-state index in [9.17, 15) is 0 Å². The fourth-order valence-electron chi connectivity index (χ4n) is 3.36. The molecule has 0 unspecified atom stereocenters. The van der Waals surface area contributed by atoms with Crippen LogP contribution in [-0.2, 0) is 19.5 Å².